The van der Waals surface area contributed by atoms with Gasteiger partial charge in [0.15, 0.2) is 0 Å². The monoisotopic (exact) mass is 362 g/mol. The molecule has 0 saturated heterocycles. The minimum atomic E-state index is -0.397. The van der Waals surface area contributed by atoms with E-state index in [9.17, 15) is 10.1 Å². The molecule has 0 aliphatic carbocycles. The summed E-state index contributed by atoms with van der Waals surface area (Å²) in [5.41, 5.74) is 2.72. The zero-order valence-electron chi connectivity index (χ0n) is 14.3. The molecule has 0 amide bonds. The number of benzene rings is 2. The van der Waals surface area contributed by atoms with Gasteiger partial charge in [0, 0.05) is 16.5 Å². The normalized spacial score (nSPS) is 11.2. The highest BCUT2D eigenvalue weighted by Gasteiger charge is 2.14. The fourth-order valence-electron chi connectivity index (χ4n) is 2.60. The topological polar surface area (TPSA) is 63.0 Å². The van der Waals surface area contributed by atoms with Crippen molar-refractivity contribution >= 4 is 34.4 Å². The highest BCUT2D eigenvalue weighted by atomic mass is 35.5. The molecular weight excluding hydrogens is 348 g/mol. The number of methoxy groups -OCH3 is 1. The molecule has 0 aliphatic heterocycles. The minimum Gasteiger partial charge on any atom is -0.497 e. The zero-order valence-corrected chi connectivity index (χ0v) is 15.0. The molecule has 1 aromatic heterocycles. The van der Waals surface area contributed by atoms with Crippen molar-refractivity contribution in [3.05, 3.63) is 75.9 Å². The van der Waals surface area contributed by atoms with Crippen LogP contribution < -0.4 is 4.74 Å². The molecule has 0 fully saturated rings. The summed E-state index contributed by atoms with van der Waals surface area (Å²) in [5.74, 6) is 0.153. The summed E-state index contributed by atoms with van der Waals surface area (Å²) in [6.07, 6.45) is 1.47. The van der Waals surface area contributed by atoms with Crippen LogP contribution in [-0.2, 0) is 0 Å². The number of aromatic nitrogens is 1. The van der Waals surface area contributed by atoms with E-state index in [1.807, 2.05) is 37.3 Å². The molecule has 0 atom stereocenters. The molecule has 0 aliphatic rings. The SMILES string of the molecule is COc1cccc(C(=O)/C(C#N)=C/c2cc3ccc(C)cc3nc2Cl)c1. The van der Waals surface area contributed by atoms with Crippen LogP contribution in [0.1, 0.15) is 21.5 Å². The number of hydrogen-bond donors (Lipinski definition) is 0. The van der Waals surface area contributed by atoms with Crippen LogP contribution in [0.25, 0.3) is 17.0 Å². The van der Waals surface area contributed by atoms with Crippen molar-refractivity contribution in [1.29, 1.82) is 5.26 Å². The molecule has 3 aromatic rings. The van der Waals surface area contributed by atoms with Crippen LogP contribution in [0.5, 0.6) is 5.75 Å². The number of nitriles is 1. The Morgan fingerprint density at radius 2 is 2.04 bits per heavy atom. The summed E-state index contributed by atoms with van der Waals surface area (Å²) >= 11 is 6.26. The van der Waals surface area contributed by atoms with Crippen molar-refractivity contribution in [2.24, 2.45) is 0 Å². The second kappa shape index (κ2) is 7.38. The third-order valence-corrected chi connectivity index (χ3v) is 4.25. The first-order valence-corrected chi connectivity index (χ1v) is 8.27. The largest absolute Gasteiger partial charge is 0.497 e. The molecule has 0 unspecified atom stereocenters. The summed E-state index contributed by atoms with van der Waals surface area (Å²) in [6.45, 7) is 1.98. The highest BCUT2D eigenvalue weighted by molar-refractivity contribution is 6.31. The molecule has 26 heavy (non-hydrogen) atoms. The predicted octanol–water partition coefficient (Wildman–Crippen LogP) is 5.00. The van der Waals surface area contributed by atoms with Crippen molar-refractivity contribution in [3.8, 4) is 11.8 Å². The fourth-order valence-corrected chi connectivity index (χ4v) is 2.80. The number of hydrogen-bond acceptors (Lipinski definition) is 4. The van der Waals surface area contributed by atoms with E-state index in [2.05, 4.69) is 4.98 Å². The Kier molecular flexibility index (Phi) is 5.01. The van der Waals surface area contributed by atoms with Crippen LogP contribution in [0, 0.1) is 18.3 Å². The fraction of sp³-hybridized carbons (Fsp3) is 0.0952. The number of ketones is 1. The summed E-state index contributed by atoms with van der Waals surface area (Å²) in [7, 11) is 1.52. The van der Waals surface area contributed by atoms with Crippen molar-refractivity contribution in [3.63, 3.8) is 0 Å². The number of fused-ring (bicyclic) bond motifs is 1. The molecule has 3 rings (SSSR count). The lowest BCUT2D eigenvalue weighted by Crippen LogP contribution is -2.02. The quantitative estimate of drug-likeness (QED) is 0.284. The second-order valence-corrected chi connectivity index (χ2v) is 6.15. The molecule has 128 valence electrons. The Morgan fingerprint density at radius 3 is 2.77 bits per heavy atom. The van der Waals surface area contributed by atoms with Gasteiger partial charge in [-0.1, -0.05) is 35.9 Å². The third-order valence-electron chi connectivity index (χ3n) is 3.95. The van der Waals surface area contributed by atoms with E-state index in [-0.39, 0.29) is 10.7 Å². The van der Waals surface area contributed by atoms with Crippen molar-refractivity contribution in [1.82, 2.24) is 4.98 Å². The van der Waals surface area contributed by atoms with E-state index >= 15 is 0 Å². The van der Waals surface area contributed by atoms with E-state index in [1.54, 1.807) is 24.3 Å². The number of halogens is 1. The molecule has 0 spiro atoms. The Morgan fingerprint density at radius 1 is 1.23 bits per heavy atom. The van der Waals surface area contributed by atoms with E-state index in [4.69, 9.17) is 16.3 Å². The van der Waals surface area contributed by atoms with Gasteiger partial charge in [-0.2, -0.15) is 5.26 Å². The number of carbonyl (C=O) groups is 1. The van der Waals surface area contributed by atoms with Gasteiger partial charge in [-0.25, -0.2) is 4.98 Å². The summed E-state index contributed by atoms with van der Waals surface area (Å²) in [6, 6.07) is 16.3. The first-order valence-electron chi connectivity index (χ1n) is 7.89. The van der Waals surface area contributed by atoms with Crippen molar-refractivity contribution in [2.75, 3.05) is 7.11 Å². The first-order chi connectivity index (χ1) is 12.5. The number of ether oxygens (including phenoxy) is 1. The maximum Gasteiger partial charge on any atom is 0.203 e. The van der Waals surface area contributed by atoms with E-state index in [1.165, 1.54) is 13.2 Å². The van der Waals surface area contributed by atoms with Gasteiger partial charge in [-0.05, 0) is 42.8 Å². The summed E-state index contributed by atoms with van der Waals surface area (Å²) < 4.78 is 5.13. The van der Waals surface area contributed by atoms with Gasteiger partial charge in [0.25, 0.3) is 0 Å². The summed E-state index contributed by atoms with van der Waals surface area (Å²) in [4.78, 5) is 17.0. The maximum atomic E-state index is 12.7. The number of pyridine rings is 1. The number of Topliss-reactive ketones (excluding diaryl/α,β-unsaturated/α-hetero) is 1. The van der Waals surface area contributed by atoms with Gasteiger partial charge >= 0.3 is 0 Å². The average Bonchev–Trinajstić information content (AvgIpc) is 2.66. The van der Waals surface area contributed by atoms with Gasteiger partial charge in [-0.3, -0.25) is 4.79 Å². The Hall–Kier alpha value is -3.16. The zero-order chi connectivity index (χ0) is 18.7. The van der Waals surface area contributed by atoms with Crippen LogP contribution in [0.4, 0.5) is 0 Å². The molecule has 4 nitrogen and oxygen atoms in total. The van der Waals surface area contributed by atoms with Crippen molar-refractivity contribution in [2.45, 2.75) is 6.92 Å². The van der Waals surface area contributed by atoms with Crippen LogP contribution in [0.2, 0.25) is 5.15 Å². The van der Waals surface area contributed by atoms with Crippen LogP contribution >= 0.6 is 11.6 Å². The molecule has 2 aromatic carbocycles. The molecular formula is C21H15ClN2O2. The van der Waals surface area contributed by atoms with E-state index in [0.717, 1.165) is 16.5 Å². The second-order valence-electron chi connectivity index (χ2n) is 5.80. The van der Waals surface area contributed by atoms with Crippen LogP contribution in [0.15, 0.2) is 54.1 Å². The highest BCUT2D eigenvalue weighted by Crippen LogP contribution is 2.25. The number of nitrogens with zero attached hydrogens (tertiary/aromatic N) is 2. The number of aryl methyl sites for hydroxylation is 1. The van der Waals surface area contributed by atoms with Crippen molar-refractivity contribution < 1.29 is 9.53 Å². The Balaban J connectivity index is 2.04. The number of carbonyl (C=O) groups excluding carboxylic acids is 1. The number of allylic oxidation sites excluding steroid dienone is 1. The molecule has 5 heteroatoms. The first kappa shape index (κ1) is 17.7. The average molecular weight is 363 g/mol. The van der Waals surface area contributed by atoms with E-state index in [0.29, 0.717) is 16.9 Å². The standard InChI is InChI=1S/C21H15ClN2O2/c1-13-6-7-14-9-16(21(22)24-19(14)8-13)10-17(12-23)20(25)15-4-3-5-18(11-15)26-2/h3-11H,1-2H3/b17-10+. The smallest absolute Gasteiger partial charge is 0.203 e. The van der Waals surface area contributed by atoms with Gasteiger partial charge in [0.2, 0.25) is 5.78 Å². The third kappa shape index (κ3) is 3.58. The maximum absolute atomic E-state index is 12.7. The van der Waals surface area contributed by atoms with Gasteiger partial charge < -0.3 is 4.74 Å². The van der Waals surface area contributed by atoms with E-state index < -0.39 is 5.78 Å². The van der Waals surface area contributed by atoms with Gasteiger partial charge in [0.05, 0.1) is 12.6 Å². The Bertz CT molecular complexity index is 1080. The lowest BCUT2D eigenvalue weighted by Gasteiger charge is -2.05. The molecule has 0 saturated carbocycles. The van der Waals surface area contributed by atoms with Crippen LogP contribution in [0.3, 0.4) is 0 Å². The number of rotatable bonds is 4. The van der Waals surface area contributed by atoms with Gasteiger partial charge in [-0.15, -0.1) is 0 Å². The van der Waals surface area contributed by atoms with Crippen LogP contribution in [-0.4, -0.2) is 17.9 Å². The molecule has 0 radical (unpaired) electrons. The summed E-state index contributed by atoms with van der Waals surface area (Å²) in [5, 5.41) is 10.6. The lowest BCUT2D eigenvalue weighted by molar-refractivity contribution is 0.103. The molecule has 0 N–H and O–H groups in total. The lowest BCUT2D eigenvalue weighted by atomic mass is 10.0. The molecule has 0 bridgehead atoms. The van der Waals surface area contributed by atoms with Gasteiger partial charge in [0.1, 0.15) is 22.5 Å². The Labute approximate surface area is 156 Å². The minimum absolute atomic E-state index is 0.0200. The molecule has 1 heterocycles. The predicted molar refractivity (Wildman–Crippen MR) is 102 cm³/mol.